The van der Waals surface area contributed by atoms with E-state index in [4.69, 9.17) is 4.74 Å². The first kappa shape index (κ1) is 20.8. The molecule has 0 spiro atoms. The fourth-order valence-electron chi connectivity index (χ4n) is 3.78. The molecule has 3 rings (SSSR count). The molecular weight excluding hydrogens is 358 g/mol. The van der Waals surface area contributed by atoms with Crippen LogP contribution in [0.15, 0.2) is 91.0 Å². The number of benzene rings is 3. The molecule has 3 aromatic carbocycles. The normalized spacial score (nSPS) is 13.0. The van der Waals surface area contributed by atoms with Crippen molar-refractivity contribution in [3.8, 4) is 0 Å². The van der Waals surface area contributed by atoms with Gasteiger partial charge in [-0.1, -0.05) is 112 Å². The van der Waals surface area contributed by atoms with Crippen LogP contribution in [0.2, 0.25) is 0 Å². The molecule has 3 aromatic rings. The van der Waals surface area contributed by atoms with Crippen LogP contribution in [0.1, 0.15) is 37.5 Å². The minimum Gasteiger partial charge on any atom is -0.468 e. The van der Waals surface area contributed by atoms with Crippen LogP contribution in [0.25, 0.3) is 0 Å². The van der Waals surface area contributed by atoms with E-state index in [9.17, 15) is 4.79 Å². The maximum absolute atomic E-state index is 12.8. The highest BCUT2D eigenvalue weighted by Gasteiger charge is 2.43. The van der Waals surface area contributed by atoms with E-state index in [1.807, 2.05) is 75.4 Å². The third-order valence-corrected chi connectivity index (χ3v) is 5.28. The number of esters is 1. The van der Waals surface area contributed by atoms with E-state index in [1.165, 1.54) is 7.11 Å². The average molecular weight is 388 g/mol. The van der Waals surface area contributed by atoms with Crippen molar-refractivity contribution in [2.24, 2.45) is 5.41 Å². The molecule has 0 fully saturated rings. The van der Waals surface area contributed by atoms with Gasteiger partial charge in [-0.15, -0.1) is 0 Å². The summed E-state index contributed by atoms with van der Waals surface area (Å²) in [6.45, 7) is 6.15. The molecule has 3 heteroatoms. The number of methoxy groups -OCH3 is 1. The fourth-order valence-corrected chi connectivity index (χ4v) is 3.78. The third-order valence-electron chi connectivity index (χ3n) is 5.28. The molecule has 1 atom stereocenters. The lowest BCUT2D eigenvalue weighted by molar-refractivity contribution is -0.146. The molecule has 0 radical (unpaired) electrons. The van der Waals surface area contributed by atoms with Crippen LogP contribution in [-0.2, 0) is 15.1 Å². The summed E-state index contributed by atoms with van der Waals surface area (Å²) in [7, 11) is 1.44. The Balaban J connectivity index is 2.32. The monoisotopic (exact) mass is 387 g/mol. The Labute approximate surface area is 173 Å². The summed E-state index contributed by atoms with van der Waals surface area (Å²) < 4.78 is 5.19. The SMILES string of the molecule is COC(=O)C(NC(c1ccccc1)(c1ccccc1)c1ccccc1)C(C)(C)C. The van der Waals surface area contributed by atoms with Gasteiger partial charge >= 0.3 is 5.97 Å². The maximum Gasteiger partial charge on any atom is 0.323 e. The molecule has 0 aliphatic rings. The largest absolute Gasteiger partial charge is 0.468 e. The number of ether oxygens (including phenoxy) is 1. The molecule has 0 bridgehead atoms. The molecule has 0 saturated heterocycles. The predicted octanol–water partition coefficient (Wildman–Crippen LogP) is 5.16. The fraction of sp³-hybridized carbons (Fsp3) is 0.269. The van der Waals surface area contributed by atoms with Crippen molar-refractivity contribution in [3.05, 3.63) is 108 Å². The Hall–Kier alpha value is -2.91. The van der Waals surface area contributed by atoms with Crippen LogP contribution in [0, 0.1) is 5.41 Å². The van der Waals surface area contributed by atoms with E-state index in [0.29, 0.717) is 0 Å². The van der Waals surface area contributed by atoms with Gasteiger partial charge in [-0.3, -0.25) is 10.1 Å². The van der Waals surface area contributed by atoms with Gasteiger partial charge in [0.05, 0.1) is 12.6 Å². The quantitative estimate of drug-likeness (QED) is 0.469. The Morgan fingerprint density at radius 2 is 1.07 bits per heavy atom. The summed E-state index contributed by atoms with van der Waals surface area (Å²) in [5.74, 6) is -0.273. The smallest absolute Gasteiger partial charge is 0.323 e. The summed E-state index contributed by atoms with van der Waals surface area (Å²) >= 11 is 0. The highest BCUT2D eigenvalue weighted by Crippen LogP contribution is 2.39. The second-order valence-corrected chi connectivity index (χ2v) is 8.31. The van der Waals surface area contributed by atoms with Gasteiger partial charge in [0.1, 0.15) is 6.04 Å². The number of carbonyl (C=O) groups is 1. The topological polar surface area (TPSA) is 38.3 Å². The van der Waals surface area contributed by atoms with Gasteiger partial charge in [-0.2, -0.15) is 0 Å². The Morgan fingerprint density at radius 3 is 1.34 bits per heavy atom. The molecule has 0 aromatic heterocycles. The molecule has 0 amide bonds. The lowest BCUT2D eigenvalue weighted by Gasteiger charge is -2.42. The van der Waals surface area contributed by atoms with E-state index in [0.717, 1.165) is 16.7 Å². The number of hydrogen-bond acceptors (Lipinski definition) is 3. The minimum absolute atomic E-state index is 0.273. The highest BCUT2D eigenvalue weighted by atomic mass is 16.5. The van der Waals surface area contributed by atoms with Gasteiger partial charge in [0.15, 0.2) is 0 Å². The van der Waals surface area contributed by atoms with E-state index in [1.54, 1.807) is 0 Å². The van der Waals surface area contributed by atoms with Gasteiger partial charge in [-0.05, 0) is 22.1 Å². The lowest BCUT2D eigenvalue weighted by atomic mass is 9.74. The summed E-state index contributed by atoms with van der Waals surface area (Å²) in [4.78, 5) is 12.8. The third kappa shape index (κ3) is 4.25. The van der Waals surface area contributed by atoms with Crippen molar-refractivity contribution >= 4 is 5.97 Å². The number of rotatable bonds is 6. The molecule has 0 heterocycles. The summed E-state index contributed by atoms with van der Waals surface area (Å²) in [5, 5.41) is 3.73. The molecule has 150 valence electrons. The van der Waals surface area contributed by atoms with Gasteiger partial charge in [0, 0.05) is 0 Å². The first-order chi connectivity index (χ1) is 13.9. The number of carbonyl (C=O) groups excluding carboxylic acids is 1. The first-order valence-corrected chi connectivity index (χ1v) is 9.91. The molecule has 1 unspecified atom stereocenters. The van der Waals surface area contributed by atoms with Crippen LogP contribution in [0.5, 0.6) is 0 Å². The van der Waals surface area contributed by atoms with E-state index in [2.05, 4.69) is 41.7 Å². The Morgan fingerprint density at radius 1 is 0.724 bits per heavy atom. The predicted molar refractivity (Wildman–Crippen MR) is 118 cm³/mol. The average Bonchev–Trinajstić information content (AvgIpc) is 2.75. The van der Waals surface area contributed by atoms with Gasteiger partial charge in [0.25, 0.3) is 0 Å². The van der Waals surface area contributed by atoms with Crippen LogP contribution < -0.4 is 5.32 Å². The van der Waals surface area contributed by atoms with E-state index >= 15 is 0 Å². The van der Waals surface area contributed by atoms with Crippen molar-refractivity contribution < 1.29 is 9.53 Å². The molecule has 0 aliphatic heterocycles. The maximum atomic E-state index is 12.8. The van der Waals surface area contributed by atoms with E-state index in [-0.39, 0.29) is 11.4 Å². The van der Waals surface area contributed by atoms with Crippen molar-refractivity contribution in [3.63, 3.8) is 0 Å². The minimum atomic E-state index is -0.712. The lowest BCUT2D eigenvalue weighted by Crippen LogP contribution is -2.57. The second-order valence-electron chi connectivity index (χ2n) is 8.31. The second kappa shape index (κ2) is 8.62. The number of hydrogen-bond donors (Lipinski definition) is 1. The molecule has 3 nitrogen and oxygen atoms in total. The molecule has 0 aliphatic carbocycles. The van der Waals surface area contributed by atoms with Crippen molar-refractivity contribution in [1.29, 1.82) is 0 Å². The van der Waals surface area contributed by atoms with Crippen LogP contribution in [0.4, 0.5) is 0 Å². The zero-order valence-corrected chi connectivity index (χ0v) is 17.6. The van der Waals surface area contributed by atoms with Crippen LogP contribution in [-0.4, -0.2) is 19.1 Å². The van der Waals surface area contributed by atoms with Gasteiger partial charge in [-0.25, -0.2) is 0 Å². The van der Waals surface area contributed by atoms with Crippen molar-refractivity contribution in [1.82, 2.24) is 5.32 Å². The Bertz CT molecular complexity index is 819. The van der Waals surface area contributed by atoms with Crippen LogP contribution in [0.3, 0.4) is 0 Å². The molecule has 1 N–H and O–H groups in total. The first-order valence-electron chi connectivity index (χ1n) is 9.91. The van der Waals surface area contributed by atoms with Crippen LogP contribution >= 0.6 is 0 Å². The van der Waals surface area contributed by atoms with Crippen molar-refractivity contribution in [2.75, 3.05) is 7.11 Å². The molecule has 0 saturated carbocycles. The van der Waals surface area contributed by atoms with E-state index < -0.39 is 11.6 Å². The van der Waals surface area contributed by atoms with Gasteiger partial charge < -0.3 is 4.74 Å². The highest BCUT2D eigenvalue weighted by molar-refractivity contribution is 5.77. The Kier molecular flexibility index (Phi) is 6.19. The zero-order valence-electron chi connectivity index (χ0n) is 17.6. The van der Waals surface area contributed by atoms with Gasteiger partial charge in [0.2, 0.25) is 0 Å². The number of nitrogens with one attached hydrogen (secondary N) is 1. The van der Waals surface area contributed by atoms with Crippen molar-refractivity contribution in [2.45, 2.75) is 32.4 Å². The standard InChI is InChI=1S/C26H29NO2/c1-25(2,3)23(24(28)29-4)27-26(20-14-8-5-9-15-20,21-16-10-6-11-17-21)22-18-12-7-13-19-22/h5-19,23,27H,1-4H3. The zero-order chi connectivity index (χ0) is 20.9. The molecular formula is C26H29NO2. The molecule has 29 heavy (non-hydrogen) atoms. The summed E-state index contributed by atoms with van der Waals surface area (Å²) in [6, 6.07) is 30.3. The summed E-state index contributed by atoms with van der Waals surface area (Å²) in [6.07, 6.45) is 0. The summed E-state index contributed by atoms with van der Waals surface area (Å²) in [5.41, 5.74) is 2.13.